The Bertz CT molecular complexity index is 1450. The van der Waals surface area contributed by atoms with Crippen LogP contribution in [0.4, 0.5) is 39.3 Å². The third kappa shape index (κ3) is 6.16. The molecule has 13 heteroatoms. The Labute approximate surface area is 240 Å². The van der Waals surface area contributed by atoms with Crippen LogP contribution in [-0.2, 0) is 10.9 Å². The Morgan fingerprint density at radius 2 is 1.76 bits per heavy atom. The smallest absolute Gasteiger partial charge is 0.377 e. The van der Waals surface area contributed by atoms with Crippen LogP contribution in [0.2, 0.25) is 0 Å². The number of anilines is 3. The number of nitrogens with zero attached hydrogens (tertiary/aromatic N) is 5. The molecule has 1 aromatic heterocycles. The van der Waals surface area contributed by atoms with E-state index in [4.69, 9.17) is 4.74 Å². The Morgan fingerprint density at radius 1 is 1.02 bits per heavy atom. The highest BCUT2D eigenvalue weighted by Crippen LogP contribution is 2.37. The standard InChI is InChI=1S/C29H31F5N6O2/c1-17-15-39(7-6-38(17)3)26-12-24(31)22(19-13-35-28(36-14-19)40-8-9-42-16-18(40)2)11-25(26)37-27(41)21-5-4-20(30)10-23(21)29(32,33)34/h4-5,10-14,17-18H,6-9,15-16H2,1-3H3,(H,37,41)/t17-,18-/m1/s1. The van der Waals surface area contributed by atoms with Crippen LogP contribution in [0, 0.1) is 11.6 Å². The lowest BCUT2D eigenvalue weighted by molar-refractivity contribution is -0.138. The first-order valence-electron chi connectivity index (χ1n) is 13.6. The number of ether oxygens (including phenoxy) is 1. The average Bonchev–Trinajstić information content (AvgIpc) is 2.95. The molecular formula is C29H31F5N6O2. The van der Waals surface area contributed by atoms with Crippen molar-refractivity contribution in [1.82, 2.24) is 14.9 Å². The molecule has 1 N–H and O–H groups in total. The summed E-state index contributed by atoms with van der Waals surface area (Å²) in [6.07, 6.45) is -2.03. The highest BCUT2D eigenvalue weighted by atomic mass is 19.4. The molecule has 224 valence electrons. The van der Waals surface area contributed by atoms with Crippen LogP contribution in [0.5, 0.6) is 0 Å². The number of alkyl halides is 3. The number of benzene rings is 2. The largest absolute Gasteiger partial charge is 0.417 e. The minimum Gasteiger partial charge on any atom is -0.377 e. The maximum absolute atomic E-state index is 15.7. The highest BCUT2D eigenvalue weighted by Gasteiger charge is 2.36. The summed E-state index contributed by atoms with van der Waals surface area (Å²) in [6.45, 7) is 7.30. The fourth-order valence-electron chi connectivity index (χ4n) is 5.18. The van der Waals surface area contributed by atoms with Gasteiger partial charge in [0.1, 0.15) is 11.6 Å². The zero-order chi connectivity index (χ0) is 30.2. The van der Waals surface area contributed by atoms with Gasteiger partial charge in [0.2, 0.25) is 5.95 Å². The molecule has 0 radical (unpaired) electrons. The number of likely N-dealkylation sites (N-methyl/N-ethyl adjacent to an activating group) is 1. The second-order valence-electron chi connectivity index (χ2n) is 10.7. The molecule has 0 saturated carbocycles. The van der Waals surface area contributed by atoms with Crippen molar-refractivity contribution in [1.29, 1.82) is 0 Å². The molecule has 2 aliphatic heterocycles. The Kier molecular flexibility index (Phi) is 8.33. The summed E-state index contributed by atoms with van der Waals surface area (Å²) in [5, 5.41) is 2.54. The fraction of sp³-hybridized carbons (Fsp3) is 0.414. The quantitative estimate of drug-likeness (QED) is 0.417. The number of hydrogen-bond acceptors (Lipinski definition) is 7. The van der Waals surface area contributed by atoms with Crippen LogP contribution in [0.1, 0.15) is 29.8 Å². The molecule has 2 saturated heterocycles. The summed E-state index contributed by atoms with van der Waals surface area (Å²) in [4.78, 5) is 28.0. The number of aromatic nitrogens is 2. The van der Waals surface area contributed by atoms with Crippen molar-refractivity contribution in [2.45, 2.75) is 32.1 Å². The average molecular weight is 591 g/mol. The van der Waals surface area contributed by atoms with E-state index in [-0.39, 0.29) is 29.4 Å². The molecule has 0 spiro atoms. The van der Waals surface area contributed by atoms with E-state index in [2.05, 4.69) is 20.2 Å². The molecule has 3 heterocycles. The van der Waals surface area contributed by atoms with Crippen molar-refractivity contribution < 1.29 is 31.5 Å². The number of morpholine rings is 1. The van der Waals surface area contributed by atoms with Crippen LogP contribution in [0.15, 0.2) is 42.7 Å². The van der Waals surface area contributed by atoms with E-state index < -0.39 is 34.8 Å². The van der Waals surface area contributed by atoms with Crippen LogP contribution < -0.4 is 15.1 Å². The third-order valence-corrected chi connectivity index (χ3v) is 7.74. The molecule has 2 aliphatic rings. The Hall–Kier alpha value is -3.84. The number of hydrogen-bond donors (Lipinski definition) is 1. The van der Waals surface area contributed by atoms with Crippen molar-refractivity contribution in [2.75, 3.05) is 61.6 Å². The fourth-order valence-corrected chi connectivity index (χ4v) is 5.18. The monoisotopic (exact) mass is 590 g/mol. The van der Waals surface area contributed by atoms with E-state index in [1.165, 1.54) is 24.5 Å². The highest BCUT2D eigenvalue weighted by molar-refractivity contribution is 6.07. The van der Waals surface area contributed by atoms with Gasteiger partial charge in [0.05, 0.1) is 41.8 Å². The lowest BCUT2D eigenvalue weighted by atomic mass is 10.0. The summed E-state index contributed by atoms with van der Waals surface area (Å²) < 4.78 is 75.8. The van der Waals surface area contributed by atoms with Crippen LogP contribution in [0.25, 0.3) is 11.1 Å². The molecule has 0 bridgehead atoms. The molecule has 3 aromatic rings. The van der Waals surface area contributed by atoms with Crippen molar-refractivity contribution >= 4 is 23.2 Å². The maximum atomic E-state index is 15.7. The van der Waals surface area contributed by atoms with Crippen molar-refractivity contribution in [3.05, 3.63) is 65.5 Å². The maximum Gasteiger partial charge on any atom is 0.417 e. The molecule has 5 rings (SSSR count). The predicted molar refractivity (Wildman–Crippen MR) is 149 cm³/mol. The molecule has 2 atom stereocenters. The SMILES string of the molecule is C[C@@H]1CN(c2cc(F)c(-c3cnc(N4CCOC[C@H]4C)nc3)cc2NC(=O)c2ccc(F)cc2C(F)(F)F)CCN1C. The summed E-state index contributed by atoms with van der Waals surface area (Å²) in [5.74, 6) is -2.37. The van der Waals surface area contributed by atoms with E-state index >= 15 is 4.39 Å². The molecular weight excluding hydrogens is 559 g/mol. The van der Waals surface area contributed by atoms with Gasteiger partial charge in [-0.25, -0.2) is 18.7 Å². The van der Waals surface area contributed by atoms with E-state index in [0.29, 0.717) is 56.6 Å². The van der Waals surface area contributed by atoms with E-state index in [1.807, 2.05) is 30.7 Å². The predicted octanol–water partition coefficient (Wildman–Crippen LogP) is 5.06. The van der Waals surface area contributed by atoms with E-state index in [0.717, 1.165) is 12.1 Å². The van der Waals surface area contributed by atoms with Gasteiger partial charge in [-0.15, -0.1) is 0 Å². The molecule has 0 unspecified atom stereocenters. The first kappa shape index (κ1) is 29.6. The van der Waals surface area contributed by atoms with Crippen LogP contribution in [-0.4, -0.2) is 79.3 Å². The van der Waals surface area contributed by atoms with Crippen LogP contribution in [0.3, 0.4) is 0 Å². The molecule has 8 nitrogen and oxygen atoms in total. The number of piperazine rings is 1. The second kappa shape index (κ2) is 11.8. The Balaban J connectivity index is 1.53. The van der Waals surface area contributed by atoms with Gasteiger partial charge in [-0.3, -0.25) is 4.79 Å². The first-order chi connectivity index (χ1) is 19.9. The van der Waals surface area contributed by atoms with Gasteiger partial charge in [0.15, 0.2) is 0 Å². The first-order valence-corrected chi connectivity index (χ1v) is 13.6. The summed E-state index contributed by atoms with van der Waals surface area (Å²) in [5.41, 5.74) is -1.34. The molecule has 0 aliphatic carbocycles. The van der Waals surface area contributed by atoms with Crippen molar-refractivity contribution in [2.24, 2.45) is 0 Å². The summed E-state index contributed by atoms with van der Waals surface area (Å²) >= 11 is 0. The number of carbonyl (C=O) groups excluding carboxylic acids is 1. The Morgan fingerprint density at radius 3 is 2.43 bits per heavy atom. The normalized spacial score (nSPS) is 20.1. The zero-order valence-corrected chi connectivity index (χ0v) is 23.4. The molecule has 2 aromatic carbocycles. The molecule has 2 fully saturated rings. The summed E-state index contributed by atoms with van der Waals surface area (Å²) in [6, 6.07) is 4.65. The molecule has 1 amide bonds. The lowest BCUT2D eigenvalue weighted by Crippen LogP contribution is -2.50. The van der Waals surface area contributed by atoms with Crippen molar-refractivity contribution in [3.8, 4) is 11.1 Å². The lowest BCUT2D eigenvalue weighted by Gasteiger charge is -2.39. The molecule has 42 heavy (non-hydrogen) atoms. The topological polar surface area (TPSA) is 73.8 Å². The number of carbonyl (C=O) groups is 1. The van der Waals surface area contributed by atoms with E-state index in [9.17, 15) is 22.4 Å². The van der Waals surface area contributed by atoms with Gasteiger partial charge in [-0.05, 0) is 51.2 Å². The minimum absolute atomic E-state index is 0.0569. The number of nitrogens with one attached hydrogen (secondary N) is 1. The number of amides is 1. The minimum atomic E-state index is -4.96. The number of rotatable bonds is 5. The van der Waals surface area contributed by atoms with Crippen molar-refractivity contribution in [3.63, 3.8) is 0 Å². The van der Waals surface area contributed by atoms with E-state index in [1.54, 1.807) is 0 Å². The van der Waals surface area contributed by atoms with Gasteiger partial charge in [0.25, 0.3) is 5.91 Å². The third-order valence-electron chi connectivity index (χ3n) is 7.74. The van der Waals surface area contributed by atoms with Gasteiger partial charge in [-0.1, -0.05) is 0 Å². The van der Waals surface area contributed by atoms with Gasteiger partial charge >= 0.3 is 6.18 Å². The zero-order valence-electron chi connectivity index (χ0n) is 23.4. The van der Waals surface area contributed by atoms with Gasteiger partial charge < -0.3 is 24.8 Å². The summed E-state index contributed by atoms with van der Waals surface area (Å²) in [7, 11) is 1.96. The number of halogens is 5. The second-order valence-corrected chi connectivity index (χ2v) is 10.7. The van der Waals surface area contributed by atoms with Gasteiger partial charge in [0, 0.05) is 55.7 Å². The van der Waals surface area contributed by atoms with Crippen LogP contribution >= 0.6 is 0 Å². The van der Waals surface area contributed by atoms with Gasteiger partial charge in [-0.2, -0.15) is 13.2 Å².